The number of aryl methyl sites for hydroxylation is 1. The van der Waals surface area contributed by atoms with Gasteiger partial charge in [0.2, 0.25) is 0 Å². The van der Waals surface area contributed by atoms with Crippen LogP contribution in [0.3, 0.4) is 0 Å². The van der Waals surface area contributed by atoms with E-state index in [4.69, 9.17) is 9.32 Å². The van der Waals surface area contributed by atoms with Gasteiger partial charge < -0.3 is 4.18 Å². The van der Waals surface area contributed by atoms with Crippen LogP contribution < -0.4 is 9.32 Å². The van der Waals surface area contributed by atoms with Crippen LogP contribution in [0.5, 0.6) is 5.75 Å². The minimum Gasteiger partial charge on any atom is -0.370 e. The van der Waals surface area contributed by atoms with Crippen molar-refractivity contribution in [2.45, 2.75) is 64.7 Å². The molecule has 26 heavy (non-hydrogen) atoms. The largest absolute Gasteiger partial charge is 0.380 e. The molecule has 5 heteroatoms. The molecule has 3 unspecified atom stereocenters. The van der Waals surface area contributed by atoms with Crippen molar-refractivity contribution in [3.63, 3.8) is 0 Å². The fourth-order valence-corrected chi connectivity index (χ4v) is 6.41. The van der Waals surface area contributed by atoms with Crippen molar-refractivity contribution in [2.75, 3.05) is 0 Å². The quantitative estimate of drug-likeness (QED) is 0.800. The molecule has 0 radical (unpaired) electrons. The van der Waals surface area contributed by atoms with Crippen LogP contribution in [0.4, 0.5) is 0 Å². The van der Waals surface area contributed by atoms with E-state index in [1.807, 2.05) is 6.07 Å². The zero-order valence-corrected chi connectivity index (χ0v) is 16.4. The fraction of sp³-hybridized carbons (Fsp3) is 0.619. The summed E-state index contributed by atoms with van der Waals surface area (Å²) in [5.41, 5.74) is 3.71. The second kappa shape index (κ2) is 6.28. The van der Waals surface area contributed by atoms with E-state index in [1.54, 1.807) is 6.92 Å². The maximum absolute atomic E-state index is 11.4. The van der Waals surface area contributed by atoms with Gasteiger partial charge in [0, 0.05) is 0 Å². The van der Waals surface area contributed by atoms with Gasteiger partial charge in [0.25, 0.3) is 0 Å². The van der Waals surface area contributed by atoms with E-state index in [2.05, 4.69) is 24.8 Å². The molecule has 0 aliphatic heterocycles. The van der Waals surface area contributed by atoms with Gasteiger partial charge in [-0.1, -0.05) is 19.3 Å². The maximum atomic E-state index is 11.4. The summed E-state index contributed by atoms with van der Waals surface area (Å²) < 4.78 is 27.9. The summed E-state index contributed by atoms with van der Waals surface area (Å²) in [7, 11) is -4.06. The monoisotopic (exact) mass is 373 g/mol. The fourth-order valence-electron chi connectivity index (χ4n) is 6.02. The molecular formula is C21H27NO3S. The van der Waals surface area contributed by atoms with Gasteiger partial charge in [-0.15, -0.1) is 5.92 Å². The molecule has 0 aromatic heterocycles. The van der Waals surface area contributed by atoms with E-state index in [-0.39, 0.29) is 5.75 Å². The Morgan fingerprint density at radius 2 is 2.04 bits per heavy atom. The lowest BCUT2D eigenvalue weighted by atomic mass is 9.56. The van der Waals surface area contributed by atoms with Crippen LogP contribution in [0.2, 0.25) is 0 Å². The molecular weight excluding hydrogens is 346 g/mol. The maximum Gasteiger partial charge on any atom is 0.380 e. The predicted octanol–water partition coefficient (Wildman–Crippen LogP) is 3.89. The van der Waals surface area contributed by atoms with Crippen molar-refractivity contribution >= 4 is 10.3 Å². The molecule has 2 fully saturated rings. The Labute approximate surface area is 156 Å². The summed E-state index contributed by atoms with van der Waals surface area (Å²) in [5.74, 6) is 8.28. The topological polar surface area (TPSA) is 69.4 Å². The van der Waals surface area contributed by atoms with Crippen molar-refractivity contribution in [3.05, 3.63) is 28.8 Å². The molecule has 0 bridgehead atoms. The molecule has 0 heterocycles. The minimum atomic E-state index is -4.06. The van der Waals surface area contributed by atoms with Gasteiger partial charge >= 0.3 is 10.3 Å². The molecule has 1 aromatic rings. The lowest BCUT2D eigenvalue weighted by Crippen LogP contribution is -2.39. The van der Waals surface area contributed by atoms with E-state index >= 15 is 0 Å². The standard InChI is InChI=1S/C21H27NO3S/c1-3-5-15-12-18-14(13-20(15)25-26(22,23)24)7-8-17-16(18)9-11-21(2)10-4-6-19(17)21/h12-13,16-17,19H,4,6-11H2,1-2H3,(H2,22,23,24)/t16?,17?,19?,21-/m0/s1. The van der Waals surface area contributed by atoms with E-state index in [9.17, 15) is 8.42 Å². The first-order valence-electron chi connectivity index (χ1n) is 9.62. The van der Waals surface area contributed by atoms with Gasteiger partial charge in [0.1, 0.15) is 0 Å². The first-order chi connectivity index (χ1) is 12.3. The molecule has 2 saturated carbocycles. The molecule has 0 amide bonds. The SMILES string of the molecule is CC#Cc1cc2c(cc1OS(N)(=O)=O)CCC1C2CC[C@]2(C)CCCC12. The van der Waals surface area contributed by atoms with Crippen molar-refractivity contribution in [1.29, 1.82) is 0 Å². The normalized spacial score (nSPS) is 32.7. The number of benzene rings is 1. The third-order valence-electron chi connectivity index (χ3n) is 7.07. The van der Waals surface area contributed by atoms with Crippen LogP contribution in [0.25, 0.3) is 0 Å². The second-order valence-electron chi connectivity index (χ2n) is 8.50. The molecule has 4 nitrogen and oxygen atoms in total. The highest BCUT2D eigenvalue weighted by Crippen LogP contribution is 2.61. The number of rotatable bonds is 2. The van der Waals surface area contributed by atoms with Crippen LogP contribution in [-0.4, -0.2) is 8.42 Å². The summed E-state index contributed by atoms with van der Waals surface area (Å²) >= 11 is 0. The van der Waals surface area contributed by atoms with Gasteiger partial charge in [0.05, 0.1) is 5.56 Å². The van der Waals surface area contributed by atoms with Crippen LogP contribution in [-0.2, 0) is 16.7 Å². The van der Waals surface area contributed by atoms with E-state index in [0.717, 1.165) is 18.3 Å². The van der Waals surface area contributed by atoms with Crippen LogP contribution in [0.1, 0.15) is 75.0 Å². The first-order valence-corrected chi connectivity index (χ1v) is 11.1. The van der Waals surface area contributed by atoms with Crippen molar-refractivity contribution in [1.82, 2.24) is 0 Å². The Hall–Kier alpha value is -1.51. The van der Waals surface area contributed by atoms with Crippen LogP contribution >= 0.6 is 0 Å². The molecule has 4 rings (SSSR count). The highest BCUT2D eigenvalue weighted by atomic mass is 32.2. The predicted molar refractivity (Wildman–Crippen MR) is 102 cm³/mol. The van der Waals surface area contributed by atoms with Crippen molar-refractivity contribution < 1.29 is 12.6 Å². The molecule has 2 N–H and O–H groups in total. The average molecular weight is 374 g/mol. The zero-order valence-electron chi connectivity index (χ0n) is 15.5. The van der Waals surface area contributed by atoms with E-state index in [0.29, 0.717) is 16.9 Å². The van der Waals surface area contributed by atoms with E-state index < -0.39 is 10.3 Å². The molecule has 0 spiro atoms. The van der Waals surface area contributed by atoms with E-state index in [1.165, 1.54) is 49.7 Å². The smallest absolute Gasteiger partial charge is 0.370 e. The highest BCUT2D eigenvalue weighted by molar-refractivity contribution is 7.84. The molecule has 1 aromatic carbocycles. The molecule has 3 aliphatic rings. The molecule has 3 aliphatic carbocycles. The summed E-state index contributed by atoms with van der Waals surface area (Å²) in [4.78, 5) is 0. The Balaban J connectivity index is 1.75. The summed E-state index contributed by atoms with van der Waals surface area (Å²) in [6, 6.07) is 3.93. The summed E-state index contributed by atoms with van der Waals surface area (Å²) in [6.07, 6.45) is 8.78. The lowest BCUT2D eigenvalue weighted by Gasteiger charge is -2.49. The van der Waals surface area contributed by atoms with Gasteiger partial charge in [-0.25, -0.2) is 0 Å². The van der Waals surface area contributed by atoms with Gasteiger partial charge in [-0.2, -0.15) is 13.6 Å². The zero-order chi connectivity index (χ0) is 18.5. The Bertz CT molecular complexity index is 896. The van der Waals surface area contributed by atoms with Crippen molar-refractivity contribution in [2.24, 2.45) is 22.4 Å². The Morgan fingerprint density at radius 1 is 1.23 bits per heavy atom. The van der Waals surface area contributed by atoms with Gasteiger partial charge in [0.15, 0.2) is 5.75 Å². The summed E-state index contributed by atoms with van der Waals surface area (Å²) in [5, 5.41) is 5.09. The number of hydrogen-bond acceptors (Lipinski definition) is 3. The third-order valence-corrected chi connectivity index (χ3v) is 7.48. The third kappa shape index (κ3) is 3.04. The van der Waals surface area contributed by atoms with Gasteiger partial charge in [-0.3, -0.25) is 0 Å². The van der Waals surface area contributed by atoms with Crippen LogP contribution in [0, 0.1) is 29.1 Å². The molecule has 0 saturated heterocycles. The number of hydrogen-bond donors (Lipinski definition) is 1. The van der Waals surface area contributed by atoms with Crippen LogP contribution in [0.15, 0.2) is 12.1 Å². The highest BCUT2D eigenvalue weighted by Gasteiger charge is 2.50. The van der Waals surface area contributed by atoms with Crippen molar-refractivity contribution in [3.8, 4) is 17.6 Å². The first kappa shape index (κ1) is 17.9. The Kier molecular flexibility index (Phi) is 4.32. The number of nitrogens with two attached hydrogens (primary N) is 1. The minimum absolute atomic E-state index is 0.264. The average Bonchev–Trinajstić information content (AvgIpc) is 2.96. The Morgan fingerprint density at radius 3 is 2.77 bits per heavy atom. The lowest BCUT2D eigenvalue weighted by molar-refractivity contribution is 0.0598. The molecule has 4 atom stereocenters. The summed E-state index contributed by atoms with van der Waals surface area (Å²) in [6.45, 7) is 4.24. The number of fused-ring (bicyclic) bond motifs is 5. The van der Waals surface area contributed by atoms with Gasteiger partial charge in [-0.05, 0) is 91.9 Å². The molecule has 140 valence electrons. The second-order valence-corrected chi connectivity index (χ2v) is 9.65.